The lowest BCUT2D eigenvalue weighted by molar-refractivity contribution is 0.235. The van der Waals surface area contributed by atoms with Crippen molar-refractivity contribution in [2.75, 3.05) is 51.4 Å². The van der Waals surface area contributed by atoms with Crippen LogP contribution in [0.4, 0.5) is 10.1 Å². The Hall–Kier alpha value is -1.88. The molecule has 1 aromatic carbocycles. The van der Waals surface area contributed by atoms with E-state index in [4.69, 9.17) is 4.74 Å². The van der Waals surface area contributed by atoms with Crippen LogP contribution in [0, 0.1) is 0 Å². The highest BCUT2D eigenvalue weighted by molar-refractivity contribution is 5.92. The Morgan fingerprint density at radius 1 is 1.19 bits per heavy atom. The molecule has 5 heteroatoms. The minimum atomic E-state index is -0.268. The average molecular weight is 289 g/mol. The van der Waals surface area contributed by atoms with E-state index >= 15 is 0 Å². The molecular formula is C16H20FN3O. The molecule has 1 aliphatic heterocycles. The lowest BCUT2D eigenvalue weighted by atomic mass is 10.1. The highest BCUT2D eigenvalue weighted by Gasteiger charge is 2.18. The number of hydrogen-bond donors (Lipinski definition) is 0. The second-order valence-electron chi connectivity index (χ2n) is 5.23. The summed E-state index contributed by atoms with van der Waals surface area (Å²) in [5, 5.41) is 1.11. The number of benzene rings is 1. The molecule has 0 radical (unpaired) electrons. The van der Waals surface area contributed by atoms with Crippen LogP contribution in [0.25, 0.3) is 10.9 Å². The summed E-state index contributed by atoms with van der Waals surface area (Å²) in [5.74, 6) is 0.841. The van der Waals surface area contributed by atoms with Gasteiger partial charge in [0.25, 0.3) is 0 Å². The van der Waals surface area contributed by atoms with Gasteiger partial charge in [-0.25, -0.2) is 4.39 Å². The molecule has 0 bridgehead atoms. The molecular weight excluding hydrogens is 269 g/mol. The van der Waals surface area contributed by atoms with Crippen molar-refractivity contribution in [3.8, 4) is 5.75 Å². The van der Waals surface area contributed by atoms with Gasteiger partial charge in [-0.2, -0.15) is 0 Å². The Kier molecular flexibility index (Phi) is 4.20. The zero-order chi connectivity index (χ0) is 14.7. The van der Waals surface area contributed by atoms with Crippen molar-refractivity contribution < 1.29 is 9.13 Å². The number of ether oxygens (including phenoxy) is 1. The van der Waals surface area contributed by atoms with E-state index < -0.39 is 0 Å². The smallest absolute Gasteiger partial charge is 0.119 e. The number of rotatable bonds is 4. The van der Waals surface area contributed by atoms with Crippen molar-refractivity contribution in [3.05, 3.63) is 30.5 Å². The number of nitrogens with zero attached hydrogens (tertiary/aromatic N) is 3. The fourth-order valence-corrected chi connectivity index (χ4v) is 2.85. The van der Waals surface area contributed by atoms with Crippen LogP contribution in [-0.2, 0) is 0 Å². The van der Waals surface area contributed by atoms with E-state index in [2.05, 4.69) is 14.8 Å². The van der Waals surface area contributed by atoms with E-state index in [1.165, 1.54) is 5.69 Å². The number of methoxy groups -OCH3 is 1. The van der Waals surface area contributed by atoms with Crippen molar-refractivity contribution in [1.29, 1.82) is 0 Å². The minimum absolute atomic E-state index is 0.268. The van der Waals surface area contributed by atoms with E-state index in [-0.39, 0.29) is 6.67 Å². The Bertz CT molecular complexity index is 611. The second-order valence-corrected chi connectivity index (χ2v) is 5.23. The van der Waals surface area contributed by atoms with Crippen molar-refractivity contribution in [2.45, 2.75) is 0 Å². The molecule has 0 saturated carbocycles. The first kappa shape index (κ1) is 14.1. The summed E-state index contributed by atoms with van der Waals surface area (Å²) in [6.07, 6.45) is 1.85. The zero-order valence-electron chi connectivity index (χ0n) is 12.3. The van der Waals surface area contributed by atoms with E-state index in [9.17, 15) is 4.39 Å². The normalized spacial score (nSPS) is 16.4. The summed E-state index contributed by atoms with van der Waals surface area (Å²) in [4.78, 5) is 8.93. The fourth-order valence-electron chi connectivity index (χ4n) is 2.85. The van der Waals surface area contributed by atoms with Crippen LogP contribution in [0.5, 0.6) is 5.75 Å². The van der Waals surface area contributed by atoms with Gasteiger partial charge in [-0.15, -0.1) is 0 Å². The number of halogens is 1. The van der Waals surface area contributed by atoms with Crippen LogP contribution in [0.2, 0.25) is 0 Å². The molecule has 0 aliphatic carbocycles. The first-order valence-electron chi connectivity index (χ1n) is 7.28. The third-order valence-corrected chi connectivity index (χ3v) is 4.04. The molecule has 0 N–H and O–H groups in total. The topological polar surface area (TPSA) is 28.6 Å². The molecule has 0 spiro atoms. The Morgan fingerprint density at radius 3 is 2.71 bits per heavy atom. The zero-order valence-corrected chi connectivity index (χ0v) is 12.3. The minimum Gasteiger partial charge on any atom is -0.497 e. The van der Waals surface area contributed by atoms with Crippen molar-refractivity contribution >= 4 is 16.6 Å². The fraction of sp³-hybridized carbons (Fsp3) is 0.438. The molecule has 1 saturated heterocycles. The number of alkyl halides is 1. The molecule has 2 aromatic rings. The van der Waals surface area contributed by atoms with Gasteiger partial charge in [0.15, 0.2) is 0 Å². The maximum absolute atomic E-state index is 12.4. The van der Waals surface area contributed by atoms with Gasteiger partial charge >= 0.3 is 0 Å². The maximum atomic E-state index is 12.4. The van der Waals surface area contributed by atoms with E-state index in [1.54, 1.807) is 7.11 Å². The second kappa shape index (κ2) is 6.26. The Labute approximate surface area is 124 Å². The standard InChI is InChI=1S/C16H20FN3O/c1-21-13-2-3-15-14(12-13)16(4-6-18-15)20-10-8-19(7-5-17)9-11-20/h2-4,6,12H,5,7-11H2,1H3. The molecule has 3 rings (SSSR count). The summed E-state index contributed by atoms with van der Waals surface area (Å²) in [6.45, 7) is 3.90. The first-order chi connectivity index (χ1) is 10.3. The van der Waals surface area contributed by atoms with Gasteiger partial charge in [-0.1, -0.05) is 0 Å². The van der Waals surface area contributed by atoms with Crippen LogP contribution in [-0.4, -0.2) is 56.4 Å². The first-order valence-corrected chi connectivity index (χ1v) is 7.28. The Balaban J connectivity index is 1.87. The molecule has 4 nitrogen and oxygen atoms in total. The van der Waals surface area contributed by atoms with Crippen LogP contribution < -0.4 is 9.64 Å². The van der Waals surface area contributed by atoms with Gasteiger partial charge in [0.2, 0.25) is 0 Å². The summed E-state index contributed by atoms with van der Waals surface area (Å²) >= 11 is 0. The number of piperazine rings is 1. The third kappa shape index (κ3) is 2.93. The maximum Gasteiger partial charge on any atom is 0.119 e. The van der Waals surface area contributed by atoms with Gasteiger partial charge in [0.1, 0.15) is 12.4 Å². The molecule has 0 amide bonds. The molecule has 0 atom stereocenters. The number of fused-ring (bicyclic) bond motifs is 1. The van der Waals surface area contributed by atoms with Crippen molar-refractivity contribution in [2.24, 2.45) is 0 Å². The van der Waals surface area contributed by atoms with Gasteiger partial charge < -0.3 is 9.64 Å². The number of anilines is 1. The lowest BCUT2D eigenvalue weighted by Gasteiger charge is -2.36. The quantitative estimate of drug-likeness (QED) is 0.864. The lowest BCUT2D eigenvalue weighted by Crippen LogP contribution is -2.47. The largest absolute Gasteiger partial charge is 0.497 e. The van der Waals surface area contributed by atoms with Gasteiger partial charge in [-0.3, -0.25) is 9.88 Å². The molecule has 0 unspecified atom stereocenters. The van der Waals surface area contributed by atoms with Gasteiger partial charge in [0, 0.05) is 50.0 Å². The highest BCUT2D eigenvalue weighted by Crippen LogP contribution is 2.29. The summed E-state index contributed by atoms with van der Waals surface area (Å²) in [7, 11) is 1.67. The van der Waals surface area contributed by atoms with Crippen LogP contribution in [0.3, 0.4) is 0 Å². The molecule has 1 aromatic heterocycles. The molecule has 21 heavy (non-hydrogen) atoms. The van der Waals surface area contributed by atoms with Crippen LogP contribution in [0.1, 0.15) is 0 Å². The SMILES string of the molecule is COc1ccc2nccc(N3CCN(CCF)CC3)c2c1. The predicted molar refractivity (Wildman–Crippen MR) is 82.9 cm³/mol. The van der Waals surface area contributed by atoms with Crippen LogP contribution >= 0.6 is 0 Å². The number of hydrogen-bond acceptors (Lipinski definition) is 4. The molecule has 112 valence electrons. The summed E-state index contributed by atoms with van der Waals surface area (Å²) < 4.78 is 17.7. The number of pyridine rings is 1. The van der Waals surface area contributed by atoms with E-state index in [0.717, 1.165) is 42.8 Å². The van der Waals surface area contributed by atoms with Crippen molar-refractivity contribution in [1.82, 2.24) is 9.88 Å². The third-order valence-electron chi connectivity index (χ3n) is 4.04. The summed E-state index contributed by atoms with van der Waals surface area (Å²) in [6, 6.07) is 7.99. The van der Waals surface area contributed by atoms with Gasteiger partial charge in [0.05, 0.1) is 12.6 Å². The predicted octanol–water partition coefficient (Wildman–Crippen LogP) is 2.33. The van der Waals surface area contributed by atoms with E-state index in [1.807, 2.05) is 30.5 Å². The van der Waals surface area contributed by atoms with E-state index in [0.29, 0.717) is 6.54 Å². The average Bonchev–Trinajstić information content (AvgIpc) is 2.55. The highest BCUT2D eigenvalue weighted by atomic mass is 19.1. The van der Waals surface area contributed by atoms with Crippen molar-refractivity contribution in [3.63, 3.8) is 0 Å². The monoisotopic (exact) mass is 289 g/mol. The molecule has 1 aliphatic rings. The number of aromatic nitrogens is 1. The van der Waals surface area contributed by atoms with Crippen LogP contribution in [0.15, 0.2) is 30.5 Å². The molecule has 1 fully saturated rings. The summed E-state index contributed by atoms with van der Waals surface area (Å²) in [5.41, 5.74) is 2.15. The molecule has 2 heterocycles. The van der Waals surface area contributed by atoms with Gasteiger partial charge in [-0.05, 0) is 24.3 Å². The Morgan fingerprint density at radius 2 is 2.00 bits per heavy atom.